The van der Waals surface area contributed by atoms with Gasteiger partial charge in [-0.15, -0.1) is 11.3 Å². The highest BCUT2D eigenvalue weighted by atomic mass is 32.1. The number of fused-ring (bicyclic) bond motifs is 3. The van der Waals surface area contributed by atoms with Gasteiger partial charge in [-0.2, -0.15) is 0 Å². The molecule has 1 unspecified atom stereocenters. The van der Waals surface area contributed by atoms with Crippen molar-refractivity contribution in [3.05, 3.63) is 26.6 Å². The maximum Gasteiger partial charge on any atom is 0.275 e. The lowest BCUT2D eigenvalue weighted by Crippen LogP contribution is -3.09. The molecule has 6 nitrogen and oxygen atoms in total. The Bertz CT molecular complexity index is 837. The summed E-state index contributed by atoms with van der Waals surface area (Å²) in [5.41, 5.74) is 1.19. The van der Waals surface area contributed by atoms with Crippen molar-refractivity contribution >= 4 is 27.5 Å². The van der Waals surface area contributed by atoms with E-state index in [0.29, 0.717) is 25.0 Å². The number of hydrogen-bond donors (Lipinski definition) is 3. The van der Waals surface area contributed by atoms with Crippen LogP contribution in [0, 0.1) is 0 Å². The molecule has 0 saturated heterocycles. The van der Waals surface area contributed by atoms with Crippen LogP contribution < -0.4 is 15.8 Å². The van der Waals surface area contributed by atoms with E-state index in [1.54, 1.807) is 11.3 Å². The second-order valence-corrected chi connectivity index (χ2v) is 8.14. The van der Waals surface area contributed by atoms with Gasteiger partial charge in [-0.3, -0.25) is 9.59 Å². The average Bonchev–Trinajstić information content (AvgIpc) is 3.24. The van der Waals surface area contributed by atoms with Crippen molar-refractivity contribution < 1.29 is 9.69 Å². The molecule has 0 bridgehead atoms. The van der Waals surface area contributed by atoms with Crippen LogP contribution in [0.25, 0.3) is 10.2 Å². The smallest absolute Gasteiger partial charge is 0.275 e. The van der Waals surface area contributed by atoms with Gasteiger partial charge in [0.15, 0.2) is 12.4 Å². The van der Waals surface area contributed by atoms with Crippen molar-refractivity contribution in [3.63, 3.8) is 0 Å². The number of hydrogen-bond acceptors (Lipinski definition) is 4. The molecular weight excluding hydrogens is 324 g/mol. The van der Waals surface area contributed by atoms with Crippen LogP contribution in [0.4, 0.5) is 0 Å². The summed E-state index contributed by atoms with van der Waals surface area (Å²) in [6.45, 7) is 0.949. The molecule has 4 rings (SSSR count). The zero-order valence-electron chi connectivity index (χ0n) is 13.9. The summed E-state index contributed by atoms with van der Waals surface area (Å²) >= 11 is 1.67. The predicted molar refractivity (Wildman–Crippen MR) is 93.5 cm³/mol. The van der Waals surface area contributed by atoms with E-state index in [4.69, 9.17) is 0 Å². The number of H-pyrrole nitrogens is 1. The summed E-state index contributed by atoms with van der Waals surface area (Å²) in [4.78, 5) is 35.2. The van der Waals surface area contributed by atoms with Gasteiger partial charge in [0.1, 0.15) is 11.4 Å². The Hall–Kier alpha value is -1.73. The number of rotatable bonds is 5. The largest absolute Gasteiger partial charge is 0.348 e. The molecule has 0 aliphatic heterocycles. The standard InChI is InChI=1S/C17H22N4O2S/c1-21(9-14(22)18-10-6-7-10)8-13-19-16(23)15-11-4-2-3-5-12(11)24-17(15)20-13/h10H,2-9H2,1H3,(H,18,22)(H,19,20,23)/p+1. The predicted octanol–water partition coefficient (Wildman–Crippen LogP) is 0.157. The number of amides is 1. The monoisotopic (exact) mass is 347 g/mol. The second-order valence-electron chi connectivity index (χ2n) is 7.06. The van der Waals surface area contributed by atoms with Crippen LogP contribution in [0.5, 0.6) is 0 Å². The number of aryl methyl sites for hydroxylation is 2. The Kier molecular flexibility index (Phi) is 4.14. The molecule has 128 valence electrons. The number of nitrogens with one attached hydrogen (secondary N) is 3. The van der Waals surface area contributed by atoms with Crippen molar-refractivity contribution in [2.75, 3.05) is 13.6 Å². The van der Waals surface area contributed by atoms with E-state index in [1.807, 2.05) is 7.05 Å². The molecule has 2 heterocycles. The number of thiophene rings is 1. The molecule has 1 amide bonds. The maximum atomic E-state index is 12.5. The molecule has 1 saturated carbocycles. The molecule has 2 aromatic heterocycles. The number of quaternary nitrogens is 1. The lowest BCUT2D eigenvalue weighted by atomic mass is 9.97. The number of aromatic nitrogens is 2. The quantitative estimate of drug-likeness (QED) is 0.721. The van der Waals surface area contributed by atoms with Crippen LogP contribution >= 0.6 is 11.3 Å². The Labute approximate surface area is 144 Å². The van der Waals surface area contributed by atoms with Crippen molar-refractivity contribution in [2.45, 2.75) is 51.1 Å². The molecule has 2 aliphatic rings. The van der Waals surface area contributed by atoms with Crippen LogP contribution in [-0.2, 0) is 24.2 Å². The Morgan fingerprint density at radius 2 is 2.17 bits per heavy atom. The Morgan fingerprint density at radius 1 is 1.38 bits per heavy atom. The van der Waals surface area contributed by atoms with Crippen molar-refractivity contribution in [3.8, 4) is 0 Å². The highest BCUT2D eigenvalue weighted by Gasteiger charge is 2.25. The van der Waals surface area contributed by atoms with Gasteiger partial charge in [0.25, 0.3) is 11.5 Å². The highest BCUT2D eigenvalue weighted by Crippen LogP contribution is 2.33. The van der Waals surface area contributed by atoms with Gasteiger partial charge in [-0.05, 0) is 44.1 Å². The van der Waals surface area contributed by atoms with Gasteiger partial charge < -0.3 is 15.2 Å². The lowest BCUT2D eigenvalue weighted by Gasteiger charge is -2.13. The van der Waals surface area contributed by atoms with E-state index in [0.717, 1.165) is 47.2 Å². The zero-order chi connectivity index (χ0) is 16.7. The summed E-state index contributed by atoms with van der Waals surface area (Å²) in [5.74, 6) is 0.743. The SMILES string of the molecule is C[NH+](CC(=O)NC1CC1)Cc1nc2sc3c(c2c(=O)[nH]1)CCCC3. The summed E-state index contributed by atoms with van der Waals surface area (Å²) in [6.07, 6.45) is 6.61. The second kappa shape index (κ2) is 6.29. The minimum Gasteiger partial charge on any atom is -0.348 e. The fourth-order valence-electron chi connectivity index (χ4n) is 3.42. The minimum absolute atomic E-state index is 0.0235. The Morgan fingerprint density at radius 3 is 2.96 bits per heavy atom. The molecule has 7 heteroatoms. The minimum atomic E-state index is -0.0235. The first-order valence-electron chi connectivity index (χ1n) is 8.74. The van der Waals surface area contributed by atoms with Gasteiger partial charge >= 0.3 is 0 Å². The molecule has 24 heavy (non-hydrogen) atoms. The van der Waals surface area contributed by atoms with Gasteiger partial charge in [0.2, 0.25) is 0 Å². The first-order chi connectivity index (χ1) is 11.6. The van der Waals surface area contributed by atoms with Crippen LogP contribution in [0.1, 0.15) is 41.9 Å². The van der Waals surface area contributed by atoms with Crippen molar-refractivity contribution in [1.82, 2.24) is 15.3 Å². The van der Waals surface area contributed by atoms with E-state index < -0.39 is 0 Å². The third kappa shape index (κ3) is 3.23. The molecule has 1 fully saturated rings. The highest BCUT2D eigenvalue weighted by molar-refractivity contribution is 7.18. The van der Waals surface area contributed by atoms with Crippen LogP contribution in [-0.4, -0.2) is 35.5 Å². The van der Waals surface area contributed by atoms with E-state index in [1.165, 1.54) is 16.9 Å². The molecule has 0 spiro atoms. The third-order valence-electron chi connectivity index (χ3n) is 4.75. The van der Waals surface area contributed by atoms with E-state index in [-0.39, 0.29) is 11.5 Å². The average molecular weight is 347 g/mol. The molecule has 0 radical (unpaired) electrons. The first-order valence-corrected chi connectivity index (χ1v) is 9.56. The first kappa shape index (κ1) is 15.8. The topological polar surface area (TPSA) is 79.3 Å². The van der Waals surface area contributed by atoms with Gasteiger partial charge in [0.05, 0.1) is 12.4 Å². The number of aromatic amines is 1. The van der Waals surface area contributed by atoms with Gasteiger partial charge in [-0.25, -0.2) is 4.98 Å². The van der Waals surface area contributed by atoms with Crippen LogP contribution in [0.2, 0.25) is 0 Å². The maximum absolute atomic E-state index is 12.5. The normalized spacial score (nSPS) is 18.4. The Balaban J connectivity index is 1.51. The van der Waals surface area contributed by atoms with Crippen molar-refractivity contribution in [1.29, 1.82) is 0 Å². The number of carbonyl (C=O) groups excluding carboxylic acids is 1. The molecule has 2 aliphatic carbocycles. The molecule has 2 aromatic rings. The van der Waals surface area contributed by atoms with Crippen LogP contribution in [0.15, 0.2) is 4.79 Å². The molecule has 3 N–H and O–H groups in total. The van der Waals surface area contributed by atoms with E-state index in [2.05, 4.69) is 15.3 Å². The number of nitrogens with zero attached hydrogens (tertiary/aromatic N) is 1. The van der Waals surface area contributed by atoms with E-state index in [9.17, 15) is 9.59 Å². The van der Waals surface area contributed by atoms with Crippen LogP contribution in [0.3, 0.4) is 0 Å². The fraction of sp³-hybridized carbons (Fsp3) is 0.588. The number of likely N-dealkylation sites (N-methyl/N-ethyl adjacent to an activating group) is 1. The third-order valence-corrected chi connectivity index (χ3v) is 5.93. The fourth-order valence-corrected chi connectivity index (χ4v) is 4.70. The summed E-state index contributed by atoms with van der Waals surface area (Å²) in [5, 5.41) is 3.79. The molecule has 0 aromatic carbocycles. The van der Waals surface area contributed by atoms with Gasteiger partial charge in [0, 0.05) is 10.9 Å². The molecular formula is C17H23N4O2S+. The van der Waals surface area contributed by atoms with Gasteiger partial charge in [-0.1, -0.05) is 0 Å². The van der Waals surface area contributed by atoms with Crippen molar-refractivity contribution in [2.24, 2.45) is 0 Å². The van der Waals surface area contributed by atoms with E-state index >= 15 is 0 Å². The molecule has 1 atom stereocenters. The number of carbonyl (C=O) groups is 1. The summed E-state index contributed by atoms with van der Waals surface area (Å²) < 4.78 is 0. The lowest BCUT2D eigenvalue weighted by molar-refractivity contribution is -0.886. The summed E-state index contributed by atoms with van der Waals surface area (Å²) in [6, 6.07) is 0.386. The summed E-state index contributed by atoms with van der Waals surface area (Å²) in [7, 11) is 1.95. The zero-order valence-corrected chi connectivity index (χ0v) is 14.7.